The number of fused-ring (bicyclic) bond motifs is 1. The summed E-state index contributed by atoms with van der Waals surface area (Å²) in [5.41, 5.74) is 1.05. The van der Waals surface area contributed by atoms with E-state index < -0.39 is 5.97 Å². The van der Waals surface area contributed by atoms with Gasteiger partial charge in [0.15, 0.2) is 0 Å². The van der Waals surface area contributed by atoms with E-state index in [0.717, 1.165) is 16.9 Å². The first-order chi connectivity index (χ1) is 12.4. The van der Waals surface area contributed by atoms with Gasteiger partial charge in [-0.1, -0.05) is 23.7 Å². The quantitative estimate of drug-likeness (QED) is 0.502. The zero-order chi connectivity index (χ0) is 18.8. The lowest BCUT2D eigenvalue weighted by Gasteiger charge is -2.03. The Bertz CT molecular complexity index is 1070. The van der Waals surface area contributed by atoms with Gasteiger partial charge in [-0.2, -0.15) is 9.78 Å². The molecule has 0 saturated heterocycles. The molecule has 0 N–H and O–H groups in total. The minimum Gasteiger partial charge on any atom is -0.462 e. The van der Waals surface area contributed by atoms with Gasteiger partial charge in [-0.15, -0.1) is 11.3 Å². The molecule has 26 heavy (non-hydrogen) atoms. The molecule has 8 heteroatoms. The summed E-state index contributed by atoms with van der Waals surface area (Å²) >= 11 is 7.03. The highest BCUT2D eigenvalue weighted by atomic mass is 35.5. The minimum atomic E-state index is -0.443. The molecule has 2 heterocycles. The van der Waals surface area contributed by atoms with E-state index in [1.807, 2.05) is 0 Å². The number of hydrogen-bond donors (Lipinski definition) is 0. The van der Waals surface area contributed by atoms with Gasteiger partial charge >= 0.3 is 5.97 Å². The second-order valence-corrected chi connectivity index (χ2v) is 6.96. The lowest BCUT2D eigenvalue weighted by atomic mass is 10.2. The highest BCUT2D eigenvalue weighted by Crippen LogP contribution is 2.28. The van der Waals surface area contributed by atoms with Gasteiger partial charge in [-0.25, -0.2) is 9.78 Å². The largest absolute Gasteiger partial charge is 0.462 e. The predicted octanol–water partition coefficient (Wildman–Crippen LogP) is 3.79. The average Bonchev–Trinajstić information content (AvgIpc) is 2.93. The molecule has 6 nitrogen and oxygen atoms in total. The van der Waals surface area contributed by atoms with Gasteiger partial charge in [0.1, 0.15) is 15.5 Å². The molecule has 0 radical (unpaired) electrons. The van der Waals surface area contributed by atoms with Crippen LogP contribution in [0, 0.1) is 13.8 Å². The summed E-state index contributed by atoms with van der Waals surface area (Å²) in [6, 6.07) is 7.09. The third-order valence-corrected chi connectivity index (χ3v) is 5.18. The van der Waals surface area contributed by atoms with Gasteiger partial charge in [-0.3, -0.25) is 4.79 Å². The van der Waals surface area contributed by atoms with Crippen LogP contribution in [0.25, 0.3) is 10.2 Å². The van der Waals surface area contributed by atoms with Crippen LogP contribution in [0.3, 0.4) is 0 Å². The van der Waals surface area contributed by atoms with Crippen LogP contribution in [0.1, 0.15) is 33.5 Å². The lowest BCUT2D eigenvalue weighted by molar-refractivity contribution is 0.0531. The van der Waals surface area contributed by atoms with Gasteiger partial charge in [0.05, 0.1) is 18.2 Å². The fraction of sp³-hybridized carbons (Fsp3) is 0.222. The molecule has 2 aromatic heterocycles. The maximum absolute atomic E-state index is 12.9. The van der Waals surface area contributed by atoms with Crippen molar-refractivity contribution in [2.45, 2.75) is 20.8 Å². The molecule has 0 aliphatic rings. The zero-order valence-electron chi connectivity index (χ0n) is 14.4. The monoisotopic (exact) mass is 389 g/mol. The second kappa shape index (κ2) is 7.39. The van der Waals surface area contributed by atoms with Crippen LogP contribution in [0.5, 0.6) is 0 Å². The molecular formula is C18H16ClN3O3S. The van der Waals surface area contributed by atoms with E-state index in [9.17, 15) is 9.59 Å². The molecule has 134 valence electrons. The van der Waals surface area contributed by atoms with Gasteiger partial charge in [0.25, 0.3) is 5.56 Å². The van der Waals surface area contributed by atoms with Crippen molar-refractivity contribution >= 4 is 45.3 Å². The Morgan fingerprint density at radius 1 is 1.35 bits per heavy atom. The van der Waals surface area contributed by atoms with Crippen LogP contribution in [0.15, 0.2) is 34.2 Å². The maximum atomic E-state index is 12.9. The van der Waals surface area contributed by atoms with Gasteiger partial charge in [0.2, 0.25) is 0 Å². The van der Waals surface area contributed by atoms with Crippen molar-refractivity contribution in [3.63, 3.8) is 0 Å². The highest BCUT2D eigenvalue weighted by molar-refractivity contribution is 7.20. The average molecular weight is 390 g/mol. The number of carbonyl (C=O) groups excluding carboxylic acids is 1. The van der Waals surface area contributed by atoms with Crippen LogP contribution in [0.2, 0.25) is 5.02 Å². The Morgan fingerprint density at radius 3 is 2.69 bits per heavy atom. The van der Waals surface area contributed by atoms with Gasteiger partial charge in [-0.05, 0) is 44.0 Å². The van der Waals surface area contributed by atoms with E-state index >= 15 is 0 Å². The van der Waals surface area contributed by atoms with Crippen molar-refractivity contribution in [3.8, 4) is 0 Å². The van der Waals surface area contributed by atoms with Crippen molar-refractivity contribution in [2.24, 2.45) is 5.10 Å². The first-order valence-electron chi connectivity index (χ1n) is 7.92. The van der Waals surface area contributed by atoms with Crippen LogP contribution in [0.4, 0.5) is 0 Å². The number of esters is 1. The fourth-order valence-electron chi connectivity index (χ4n) is 2.48. The molecular weight excluding hydrogens is 374 g/mol. The van der Waals surface area contributed by atoms with E-state index in [4.69, 9.17) is 16.3 Å². The number of carbonyl (C=O) groups is 1. The maximum Gasteiger partial charge on any atom is 0.348 e. The predicted molar refractivity (Wildman–Crippen MR) is 104 cm³/mol. The number of halogens is 1. The number of aromatic nitrogens is 2. The van der Waals surface area contributed by atoms with Crippen molar-refractivity contribution in [1.82, 2.24) is 9.66 Å². The highest BCUT2D eigenvalue weighted by Gasteiger charge is 2.21. The SMILES string of the molecule is CCOC(=O)c1sc2nc(C)n(/N=C/c3ccc(Cl)cc3)c(=O)c2c1C. The summed E-state index contributed by atoms with van der Waals surface area (Å²) < 4.78 is 6.28. The Hall–Kier alpha value is -2.51. The van der Waals surface area contributed by atoms with Crippen LogP contribution < -0.4 is 5.56 Å². The summed E-state index contributed by atoms with van der Waals surface area (Å²) in [6.45, 7) is 5.42. The molecule has 0 amide bonds. The molecule has 0 spiro atoms. The summed E-state index contributed by atoms with van der Waals surface area (Å²) in [5.74, 6) is -0.00867. The molecule has 0 fully saturated rings. The fourth-order valence-corrected chi connectivity index (χ4v) is 3.71. The molecule has 0 atom stereocenters. The first kappa shape index (κ1) is 18.3. The Balaban J connectivity index is 2.09. The number of rotatable bonds is 4. The van der Waals surface area contributed by atoms with Crippen LogP contribution >= 0.6 is 22.9 Å². The van der Waals surface area contributed by atoms with Gasteiger partial charge in [0, 0.05) is 5.02 Å². The summed E-state index contributed by atoms with van der Waals surface area (Å²) in [7, 11) is 0. The summed E-state index contributed by atoms with van der Waals surface area (Å²) in [6.07, 6.45) is 1.56. The Labute approximate surface area is 158 Å². The lowest BCUT2D eigenvalue weighted by Crippen LogP contribution is -2.20. The third kappa shape index (κ3) is 3.40. The molecule has 3 rings (SSSR count). The minimum absolute atomic E-state index is 0.272. The standard InChI is InChI=1S/C18H16ClN3O3S/c1-4-25-18(24)15-10(2)14-16(26-15)21-11(3)22(17(14)23)20-9-12-5-7-13(19)8-6-12/h5-9H,4H2,1-3H3/b20-9+. The number of thiophene rings is 1. The number of nitrogens with zero attached hydrogens (tertiary/aromatic N) is 3. The van der Waals surface area contributed by atoms with E-state index in [1.54, 1.807) is 51.3 Å². The van der Waals surface area contributed by atoms with Crippen LogP contribution in [-0.4, -0.2) is 28.5 Å². The normalized spacial score (nSPS) is 11.4. The molecule has 3 aromatic rings. The summed E-state index contributed by atoms with van der Waals surface area (Å²) in [4.78, 5) is 30.3. The molecule has 1 aromatic carbocycles. The van der Waals surface area contributed by atoms with E-state index in [2.05, 4.69) is 10.1 Å². The molecule has 0 aliphatic carbocycles. The Kier molecular flexibility index (Phi) is 5.20. The van der Waals surface area contributed by atoms with Crippen molar-refractivity contribution in [3.05, 3.63) is 61.5 Å². The van der Waals surface area contributed by atoms with Crippen molar-refractivity contribution in [1.29, 1.82) is 0 Å². The number of benzene rings is 1. The molecule has 0 bridgehead atoms. The smallest absolute Gasteiger partial charge is 0.348 e. The van der Waals surface area contributed by atoms with E-state index in [1.165, 1.54) is 4.68 Å². The number of aryl methyl sites for hydroxylation is 2. The molecule has 0 aliphatic heterocycles. The van der Waals surface area contributed by atoms with Crippen LogP contribution in [-0.2, 0) is 4.74 Å². The third-order valence-electron chi connectivity index (χ3n) is 3.76. The number of hydrogen-bond acceptors (Lipinski definition) is 6. The van der Waals surface area contributed by atoms with E-state index in [-0.39, 0.29) is 12.2 Å². The molecule has 0 unspecified atom stereocenters. The van der Waals surface area contributed by atoms with Gasteiger partial charge < -0.3 is 4.74 Å². The second-order valence-electron chi connectivity index (χ2n) is 5.53. The summed E-state index contributed by atoms with van der Waals surface area (Å²) in [5, 5.41) is 5.26. The van der Waals surface area contributed by atoms with Crippen molar-refractivity contribution in [2.75, 3.05) is 6.61 Å². The molecule has 0 saturated carbocycles. The van der Waals surface area contributed by atoms with Crippen molar-refractivity contribution < 1.29 is 9.53 Å². The first-order valence-corrected chi connectivity index (χ1v) is 9.11. The zero-order valence-corrected chi connectivity index (χ0v) is 16.0. The topological polar surface area (TPSA) is 73.5 Å². The van der Waals surface area contributed by atoms with E-state index in [0.29, 0.717) is 31.5 Å². The Morgan fingerprint density at radius 2 is 2.04 bits per heavy atom. The number of ether oxygens (including phenoxy) is 1.